The van der Waals surface area contributed by atoms with Crippen LogP contribution in [0.4, 0.5) is 22.0 Å². The van der Waals surface area contributed by atoms with Crippen molar-refractivity contribution in [2.45, 2.75) is 51.3 Å². The third-order valence-electron chi connectivity index (χ3n) is 4.73. The molecule has 6 heteroatoms. The van der Waals surface area contributed by atoms with E-state index in [-0.39, 0.29) is 17.2 Å². The molecule has 0 saturated carbocycles. The predicted molar refractivity (Wildman–Crippen MR) is 88.2 cm³/mol. The van der Waals surface area contributed by atoms with Crippen LogP contribution in [0.3, 0.4) is 0 Å². The summed E-state index contributed by atoms with van der Waals surface area (Å²) >= 11 is 0. The molecule has 0 spiro atoms. The second kappa shape index (κ2) is 7.25. The molecule has 0 fully saturated rings. The zero-order valence-corrected chi connectivity index (χ0v) is 14.3. The van der Waals surface area contributed by atoms with Crippen molar-refractivity contribution in [2.24, 2.45) is 0 Å². The Morgan fingerprint density at radius 1 is 1.04 bits per heavy atom. The molecular weight excluding hydrogens is 351 g/mol. The van der Waals surface area contributed by atoms with E-state index in [0.717, 1.165) is 17.5 Å². The van der Waals surface area contributed by atoms with E-state index in [1.54, 1.807) is 6.07 Å². The normalized spacial score (nSPS) is 17.1. The molecule has 3 rings (SSSR count). The van der Waals surface area contributed by atoms with Gasteiger partial charge in [0.05, 0.1) is 0 Å². The van der Waals surface area contributed by atoms with Gasteiger partial charge in [-0.1, -0.05) is 19.4 Å². The van der Waals surface area contributed by atoms with E-state index in [1.165, 1.54) is 24.3 Å². The first-order valence-electron chi connectivity index (χ1n) is 8.62. The molecule has 1 nitrogen and oxygen atoms in total. The maximum atomic E-state index is 14.5. The van der Waals surface area contributed by atoms with Crippen molar-refractivity contribution >= 4 is 0 Å². The SMILES string of the molecule is CCCc1cc(F)c(C2CCc3cc(OC(F)(F)F)ccc3C2)c(F)c1. The van der Waals surface area contributed by atoms with Gasteiger partial charge in [-0.15, -0.1) is 13.2 Å². The Labute approximate surface area is 148 Å². The molecule has 140 valence electrons. The van der Waals surface area contributed by atoms with E-state index in [2.05, 4.69) is 4.74 Å². The van der Waals surface area contributed by atoms with Crippen molar-refractivity contribution in [2.75, 3.05) is 0 Å². The Kier molecular flexibility index (Phi) is 5.21. The fourth-order valence-electron chi connectivity index (χ4n) is 3.63. The lowest BCUT2D eigenvalue weighted by atomic mass is 9.79. The zero-order valence-electron chi connectivity index (χ0n) is 14.3. The summed E-state index contributed by atoms with van der Waals surface area (Å²) in [5.74, 6) is -1.68. The standard InChI is InChI=1S/C20H19F5O/c1-2-3-12-8-17(21)19(18(22)9-12)15-5-4-14-11-16(26-20(23,24)25)7-6-13(14)10-15/h6-9,11,15H,2-5,10H2,1H3. The van der Waals surface area contributed by atoms with Crippen LogP contribution in [0.1, 0.15) is 47.9 Å². The van der Waals surface area contributed by atoms with Gasteiger partial charge in [0.25, 0.3) is 0 Å². The number of benzene rings is 2. The predicted octanol–water partition coefficient (Wildman–Crippen LogP) is 6.09. The van der Waals surface area contributed by atoms with E-state index in [0.29, 0.717) is 31.2 Å². The largest absolute Gasteiger partial charge is 0.573 e. The van der Waals surface area contributed by atoms with Crippen LogP contribution in [-0.4, -0.2) is 6.36 Å². The highest BCUT2D eigenvalue weighted by Crippen LogP contribution is 2.37. The molecule has 0 radical (unpaired) electrons. The van der Waals surface area contributed by atoms with Crippen LogP contribution >= 0.6 is 0 Å². The first-order valence-corrected chi connectivity index (χ1v) is 8.62. The van der Waals surface area contributed by atoms with Crippen molar-refractivity contribution in [1.29, 1.82) is 0 Å². The van der Waals surface area contributed by atoms with Crippen LogP contribution < -0.4 is 4.74 Å². The summed E-state index contributed by atoms with van der Waals surface area (Å²) in [5, 5.41) is 0. The minimum absolute atomic E-state index is 0.0751. The highest BCUT2D eigenvalue weighted by Gasteiger charge is 2.32. The van der Waals surface area contributed by atoms with E-state index >= 15 is 0 Å². The van der Waals surface area contributed by atoms with Crippen LogP contribution in [-0.2, 0) is 19.3 Å². The van der Waals surface area contributed by atoms with Gasteiger partial charge in [0.1, 0.15) is 17.4 Å². The number of halogens is 5. The second-order valence-electron chi connectivity index (χ2n) is 6.64. The summed E-state index contributed by atoms with van der Waals surface area (Å²) in [6.45, 7) is 1.94. The smallest absolute Gasteiger partial charge is 0.406 e. The molecule has 0 saturated heterocycles. The number of alkyl halides is 3. The van der Waals surface area contributed by atoms with Gasteiger partial charge in [-0.25, -0.2) is 8.78 Å². The van der Waals surface area contributed by atoms with Gasteiger partial charge in [0.2, 0.25) is 0 Å². The van der Waals surface area contributed by atoms with Gasteiger partial charge >= 0.3 is 6.36 Å². The summed E-state index contributed by atoms with van der Waals surface area (Å²) in [4.78, 5) is 0. The number of hydrogen-bond acceptors (Lipinski definition) is 1. The average molecular weight is 370 g/mol. The molecule has 2 aromatic rings. The molecule has 1 aliphatic carbocycles. The van der Waals surface area contributed by atoms with E-state index in [4.69, 9.17) is 0 Å². The van der Waals surface area contributed by atoms with E-state index in [1.807, 2.05) is 6.92 Å². The van der Waals surface area contributed by atoms with Gasteiger partial charge in [-0.2, -0.15) is 0 Å². The first kappa shape index (κ1) is 18.7. The Morgan fingerprint density at radius 2 is 1.73 bits per heavy atom. The minimum Gasteiger partial charge on any atom is -0.406 e. The molecule has 1 unspecified atom stereocenters. The number of ether oxygens (including phenoxy) is 1. The number of hydrogen-bond donors (Lipinski definition) is 0. The summed E-state index contributed by atoms with van der Waals surface area (Å²) in [5.41, 5.74) is 2.24. The van der Waals surface area contributed by atoms with Crippen LogP contribution in [0.25, 0.3) is 0 Å². The molecule has 0 heterocycles. The monoisotopic (exact) mass is 370 g/mol. The fourth-order valence-corrected chi connectivity index (χ4v) is 3.63. The summed E-state index contributed by atoms with van der Waals surface area (Å²) in [7, 11) is 0. The molecule has 0 bridgehead atoms. The van der Waals surface area contributed by atoms with Gasteiger partial charge in [-0.05, 0) is 72.6 Å². The third-order valence-corrected chi connectivity index (χ3v) is 4.73. The van der Waals surface area contributed by atoms with Crippen LogP contribution in [0.15, 0.2) is 30.3 Å². The quantitative estimate of drug-likeness (QED) is 0.592. The van der Waals surface area contributed by atoms with Gasteiger partial charge in [0, 0.05) is 5.56 Å². The van der Waals surface area contributed by atoms with Crippen molar-refractivity contribution in [3.05, 3.63) is 64.2 Å². The van der Waals surface area contributed by atoms with Gasteiger partial charge < -0.3 is 4.74 Å². The summed E-state index contributed by atoms with van der Waals surface area (Å²) < 4.78 is 69.8. The van der Waals surface area contributed by atoms with Crippen LogP contribution in [0.5, 0.6) is 5.75 Å². The third kappa shape index (κ3) is 4.17. The maximum absolute atomic E-state index is 14.5. The topological polar surface area (TPSA) is 9.23 Å². The van der Waals surface area contributed by atoms with Crippen molar-refractivity contribution in [1.82, 2.24) is 0 Å². The molecule has 0 N–H and O–H groups in total. The molecule has 0 aliphatic heterocycles. The zero-order chi connectivity index (χ0) is 18.9. The lowest BCUT2D eigenvalue weighted by Gasteiger charge is -2.26. The molecule has 0 amide bonds. The molecule has 1 aliphatic rings. The first-order chi connectivity index (χ1) is 12.3. The Hall–Kier alpha value is -2.11. The fraction of sp³-hybridized carbons (Fsp3) is 0.400. The van der Waals surface area contributed by atoms with Crippen molar-refractivity contribution in [3.63, 3.8) is 0 Å². The summed E-state index contributed by atoms with van der Waals surface area (Å²) in [6.07, 6.45) is -2.00. The van der Waals surface area contributed by atoms with Gasteiger partial charge in [0.15, 0.2) is 0 Å². The van der Waals surface area contributed by atoms with E-state index < -0.39 is 18.0 Å². The van der Waals surface area contributed by atoms with Crippen LogP contribution in [0.2, 0.25) is 0 Å². The molecule has 1 atom stereocenters. The second-order valence-corrected chi connectivity index (χ2v) is 6.64. The lowest BCUT2D eigenvalue weighted by Crippen LogP contribution is -2.19. The molecule has 26 heavy (non-hydrogen) atoms. The molecule has 0 aromatic heterocycles. The highest BCUT2D eigenvalue weighted by atomic mass is 19.4. The van der Waals surface area contributed by atoms with Crippen molar-refractivity contribution in [3.8, 4) is 5.75 Å². The number of rotatable bonds is 4. The van der Waals surface area contributed by atoms with E-state index in [9.17, 15) is 22.0 Å². The number of fused-ring (bicyclic) bond motifs is 1. The highest BCUT2D eigenvalue weighted by molar-refractivity contribution is 5.40. The summed E-state index contributed by atoms with van der Waals surface area (Å²) in [6, 6.07) is 6.92. The lowest BCUT2D eigenvalue weighted by molar-refractivity contribution is -0.274. The maximum Gasteiger partial charge on any atom is 0.573 e. The Bertz CT molecular complexity index is 774. The van der Waals surface area contributed by atoms with Crippen molar-refractivity contribution < 1.29 is 26.7 Å². The van der Waals surface area contributed by atoms with Gasteiger partial charge in [-0.3, -0.25) is 0 Å². The Balaban J connectivity index is 1.83. The van der Waals surface area contributed by atoms with Crippen LogP contribution in [0, 0.1) is 11.6 Å². The minimum atomic E-state index is -4.74. The Morgan fingerprint density at radius 3 is 2.35 bits per heavy atom. The average Bonchev–Trinajstić information content (AvgIpc) is 2.53. The molecule has 2 aromatic carbocycles. The molecular formula is C20H19F5O. The number of aryl methyl sites for hydroxylation is 2.